The van der Waals surface area contributed by atoms with Gasteiger partial charge in [0.1, 0.15) is 5.75 Å². The number of aryl methyl sites for hydroxylation is 1. The summed E-state index contributed by atoms with van der Waals surface area (Å²) in [7, 11) is -3.81. The van der Waals surface area contributed by atoms with Crippen LogP contribution in [0.5, 0.6) is 5.75 Å². The fourth-order valence-corrected chi connectivity index (χ4v) is 5.47. The first-order valence-electron chi connectivity index (χ1n) is 9.87. The highest BCUT2D eigenvalue weighted by Crippen LogP contribution is 2.42. The summed E-state index contributed by atoms with van der Waals surface area (Å²) >= 11 is 1.24. The van der Waals surface area contributed by atoms with Crippen LogP contribution in [0.1, 0.15) is 5.56 Å². The van der Waals surface area contributed by atoms with Crippen LogP contribution in [0.2, 0.25) is 0 Å². The molecule has 4 aromatic carbocycles. The third kappa shape index (κ3) is 3.79. The number of rotatable bonds is 5. The second kappa shape index (κ2) is 7.89. The summed E-state index contributed by atoms with van der Waals surface area (Å²) < 4.78 is 28.8. The quantitative estimate of drug-likeness (QED) is 0.293. The number of aromatic hydroxyl groups is 1. The van der Waals surface area contributed by atoms with Gasteiger partial charge in [0, 0.05) is 10.8 Å². The van der Waals surface area contributed by atoms with E-state index in [0.717, 1.165) is 16.6 Å². The number of para-hydroxylation sites is 2. The molecule has 5 rings (SSSR count). The molecule has 3 N–H and O–H groups in total. The molecule has 0 radical (unpaired) electrons. The SMILES string of the molecule is Cc1ccc(S(=O)(=O)Nc2cc(Sc3nc4ccccc4[nH]3)c(O)c3ccccc23)cc1. The highest BCUT2D eigenvalue weighted by Gasteiger charge is 2.19. The zero-order chi connectivity index (χ0) is 22.3. The molecule has 8 heteroatoms. The molecule has 5 aromatic rings. The van der Waals surface area contributed by atoms with Gasteiger partial charge in [0.15, 0.2) is 5.16 Å². The van der Waals surface area contributed by atoms with Gasteiger partial charge in [0.2, 0.25) is 0 Å². The van der Waals surface area contributed by atoms with Crippen LogP contribution in [0.4, 0.5) is 5.69 Å². The molecule has 0 spiro atoms. The second-order valence-electron chi connectivity index (χ2n) is 7.40. The Morgan fingerprint density at radius 3 is 2.38 bits per heavy atom. The van der Waals surface area contributed by atoms with E-state index in [4.69, 9.17) is 0 Å². The molecule has 0 bridgehead atoms. The van der Waals surface area contributed by atoms with Gasteiger partial charge < -0.3 is 10.1 Å². The van der Waals surface area contributed by atoms with Gasteiger partial charge in [0.05, 0.1) is 26.5 Å². The van der Waals surface area contributed by atoms with Crippen molar-refractivity contribution in [3.8, 4) is 5.75 Å². The highest BCUT2D eigenvalue weighted by atomic mass is 32.2. The Labute approximate surface area is 189 Å². The lowest BCUT2D eigenvalue weighted by molar-refractivity contribution is 0.469. The minimum absolute atomic E-state index is 0.0735. The van der Waals surface area contributed by atoms with Crippen LogP contribution in [-0.2, 0) is 10.0 Å². The zero-order valence-corrected chi connectivity index (χ0v) is 18.7. The number of anilines is 1. The number of H-pyrrole nitrogens is 1. The predicted molar refractivity (Wildman–Crippen MR) is 128 cm³/mol. The van der Waals surface area contributed by atoms with Gasteiger partial charge in [-0.15, -0.1) is 0 Å². The monoisotopic (exact) mass is 461 g/mol. The van der Waals surface area contributed by atoms with E-state index in [1.54, 1.807) is 54.6 Å². The van der Waals surface area contributed by atoms with Crippen molar-refractivity contribution in [2.24, 2.45) is 0 Å². The fourth-order valence-electron chi connectivity index (χ4n) is 3.50. The number of aromatic nitrogens is 2. The standard InChI is InChI=1S/C24H19N3O3S2/c1-15-10-12-16(13-11-15)32(29,30)27-21-14-22(23(28)18-7-3-2-6-17(18)21)31-24-25-19-8-4-5-9-20(19)26-24/h2-14,27-28H,1H3,(H,25,26). The summed E-state index contributed by atoms with van der Waals surface area (Å²) in [5.41, 5.74) is 3.06. The molecule has 0 unspecified atom stereocenters. The number of imidazole rings is 1. The zero-order valence-electron chi connectivity index (χ0n) is 17.0. The summed E-state index contributed by atoms with van der Waals surface area (Å²) in [6, 6.07) is 23.1. The number of phenolic OH excluding ortho intramolecular Hbond substituents is 1. The average molecular weight is 462 g/mol. The van der Waals surface area contributed by atoms with Crippen LogP contribution >= 0.6 is 11.8 Å². The maximum Gasteiger partial charge on any atom is 0.261 e. The molecule has 0 aliphatic rings. The van der Waals surface area contributed by atoms with E-state index < -0.39 is 10.0 Å². The van der Waals surface area contributed by atoms with Gasteiger partial charge in [-0.05, 0) is 49.0 Å². The largest absolute Gasteiger partial charge is 0.506 e. The first kappa shape index (κ1) is 20.4. The van der Waals surface area contributed by atoms with Crippen LogP contribution in [-0.4, -0.2) is 23.5 Å². The lowest BCUT2D eigenvalue weighted by Crippen LogP contribution is -2.13. The van der Waals surface area contributed by atoms with Gasteiger partial charge in [-0.25, -0.2) is 13.4 Å². The number of nitrogens with zero attached hydrogens (tertiary/aromatic N) is 1. The molecule has 0 aliphatic carbocycles. The normalized spacial score (nSPS) is 11.8. The molecule has 0 saturated heterocycles. The van der Waals surface area contributed by atoms with Crippen molar-refractivity contribution in [3.63, 3.8) is 0 Å². The molecule has 0 atom stereocenters. The number of hydrogen-bond donors (Lipinski definition) is 3. The minimum atomic E-state index is -3.81. The number of aromatic amines is 1. The second-order valence-corrected chi connectivity index (χ2v) is 10.1. The Morgan fingerprint density at radius 2 is 1.62 bits per heavy atom. The Morgan fingerprint density at radius 1 is 0.938 bits per heavy atom. The third-order valence-electron chi connectivity index (χ3n) is 5.13. The minimum Gasteiger partial charge on any atom is -0.506 e. The Balaban J connectivity index is 1.59. The number of benzene rings is 4. The number of fused-ring (bicyclic) bond motifs is 2. The lowest BCUT2D eigenvalue weighted by Gasteiger charge is -2.14. The Kier molecular flexibility index (Phi) is 5.03. The topological polar surface area (TPSA) is 95.1 Å². The number of sulfonamides is 1. The van der Waals surface area contributed by atoms with E-state index in [-0.39, 0.29) is 10.6 Å². The van der Waals surface area contributed by atoms with Crippen LogP contribution in [0.15, 0.2) is 93.8 Å². The maximum absolute atomic E-state index is 13.0. The summed E-state index contributed by atoms with van der Waals surface area (Å²) in [6.07, 6.45) is 0. The van der Waals surface area contributed by atoms with Gasteiger partial charge >= 0.3 is 0 Å². The number of hydrogen-bond acceptors (Lipinski definition) is 5. The molecular formula is C24H19N3O3S2. The third-order valence-corrected chi connectivity index (χ3v) is 7.43. The van der Waals surface area contributed by atoms with Crippen molar-refractivity contribution in [1.82, 2.24) is 9.97 Å². The van der Waals surface area contributed by atoms with Crippen molar-refractivity contribution >= 4 is 49.3 Å². The summed E-state index contributed by atoms with van der Waals surface area (Å²) in [6.45, 7) is 1.90. The molecule has 32 heavy (non-hydrogen) atoms. The summed E-state index contributed by atoms with van der Waals surface area (Å²) in [5.74, 6) is 0.0735. The maximum atomic E-state index is 13.0. The lowest BCUT2D eigenvalue weighted by atomic mass is 10.1. The van der Waals surface area contributed by atoms with Crippen molar-refractivity contribution in [2.75, 3.05) is 4.72 Å². The van der Waals surface area contributed by atoms with E-state index in [1.807, 2.05) is 31.2 Å². The van der Waals surface area contributed by atoms with Gasteiger partial charge in [0.25, 0.3) is 10.0 Å². The van der Waals surface area contributed by atoms with Gasteiger partial charge in [-0.2, -0.15) is 0 Å². The van der Waals surface area contributed by atoms with Crippen LogP contribution in [0, 0.1) is 6.92 Å². The van der Waals surface area contributed by atoms with Crippen LogP contribution < -0.4 is 4.72 Å². The molecular weight excluding hydrogens is 442 g/mol. The molecule has 0 saturated carbocycles. The van der Waals surface area contributed by atoms with E-state index >= 15 is 0 Å². The first-order valence-corrected chi connectivity index (χ1v) is 12.2. The molecule has 160 valence electrons. The van der Waals surface area contributed by atoms with E-state index in [1.165, 1.54) is 11.8 Å². The molecule has 0 fully saturated rings. The number of phenols is 1. The Bertz CT molecular complexity index is 1530. The van der Waals surface area contributed by atoms with Crippen molar-refractivity contribution in [3.05, 3.63) is 84.4 Å². The van der Waals surface area contributed by atoms with Crippen LogP contribution in [0.25, 0.3) is 21.8 Å². The smallest absolute Gasteiger partial charge is 0.261 e. The van der Waals surface area contributed by atoms with E-state index in [9.17, 15) is 13.5 Å². The van der Waals surface area contributed by atoms with E-state index in [2.05, 4.69) is 14.7 Å². The fraction of sp³-hybridized carbons (Fsp3) is 0.0417. The van der Waals surface area contributed by atoms with Crippen molar-refractivity contribution < 1.29 is 13.5 Å². The molecule has 0 amide bonds. The highest BCUT2D eigenvalue weighted by molar-refractivity contribution is 7.99. The molecule has 6 nitrogen and oxygen atoms in total. The molecule has 0 aliphatic heterocycles. The van der Waals surface area contributed by atoms with Gasteiger partial charge in [-0.3, -0.25) is 4.72 Å². The van der Waals surface area contributed by atoms with Crippen molar-refractivity contribution in [2.45, 2.75) is 21.9 Å². The summed E-state index contributed by atoms with van der Waals surface area (Å²) in [5, 5.41) is 12.7. The first-order chi connectivity index (χ1) is 15.4. The summed E-state index contributed by atoms with van der Waals surface area (Å²) in [4.78, 5) is 8.43. The molecule has 1 aromatic heterocycles. The number of nitrogens with one attached hydrogen (secondary N) is 2. The average Bonchev–Trinajstić information content (AvgIpc) is 3.19. The Hall–Kier alpha value is -3.49. The van der Waals surface area contributed by atoms with Crippen LogP contribution in [0.3, 0.4) is 0 Å². The van der Waals surface area contributed by atoms with E-state index in [0.29, 0.717) is 26.5 Å². The predicted octanol–water partition coefficient (Wildman–Crippen LogP) is 5.68. The molecule has 1 heterocycles. The van der Waals surface area contributed by atoms with Gasteiger partial charge in [-0.1, -0.05) is 54.1 Å². The van der Waals surface area contributed by atoms with Crippen molar-refractivity contribution in [1.29, 1.82) is 0 Å².